The Kier molecular flexibility index (Phi) is 7.86. The molecule has 5 nitrogen and oxygen atoms in total. The molecule has 5 heteroatoms. The van der Waals surface area contributed by atoms with Crippen LogP contribution in [-0.4, -0.2) is 24.5 Å². The summed E-state index contributed by atoms with van der Waals surface area (Å²) in [7, 11) is 0. The van der Waals surface area contributed by atoms with E-state index in [1.165, 1.54) is 0 Å². The van der Waals surface area contributed by atoms with Crippen LogP contribution in [0, 0.1) is 0 Å². The van der Waals surface area contributed by atoms with E-state index in [1.807, 2.05) is 69.3 Å². The predicted molar refractivity (Wildman–Crippen MR) is 108 cm³/mol. The fourth-order valence-corrected chi connectivity index (χ4v) is 2.74. The number of rotatable bonds is 9. The number of hydrogen-bond acceptors (Lipinski definition) is 3. The van der Waals surface area contributed by atoms with E-state index in [2.05, 4.69) is 10.6 Å². The molecule has 0 saturated heterocycles. The van der Waals surface area contributed by atoms with Gasteiger partial charge in [0.2, 0.25) is 11.8 Å². The predicted octanol–water partition coefficient (Wildman–Crippen LogP) is 3.72. The molecule has 0 heterocycles. The van der Waals surface area contributed by atoms with E-state index in [-0.39, 0.29) is 17.9 Å². The van der Waals surface area contributed by atoms with E-state index < -0.39 is 0 Å². The first kappa shape index (κ1) is 20.5. The standard InChI is InChI=1S/C22H28N2O3/c1-4-27-20-8-6-5-7-18(20)11-14-21(25)24-19-12-9-17(10-13-19)15-22(26)23-16(2)3/h5-10,12-13,16H,4,11,14-15H2,1-3H3,(H,23,26)(H,24,25). The number of carbonyl (C=O) groups is 2. The molecular formula is C22H28N2O3. The van der Waals surface area contributed by atoms with E-state index in [0.29, 0.717) is 25.9 Å². The molecule has 0 aliphatic rings. The van der Waals surface area contributed by atoms with Crippen LogP contribution in [0.5, 0.6) is 5.75 Å². The zero-order chi connectivity index (χ0) is 19.6. The molecule has 2 N–H and O–H groups in total. The fraction of sp³-hybridized carbons (Fsp3) is 0.364. The normalized spacial score (nSPS) is 10.5. The highest BCUT2D eigenvalue weighted by Gasteiger charge is 2.08. The van der Waals surface area contributed by atoms with Crippen molar-refractivity contribution in [3.05, 3.63) is 59.7 Å². The minimum Gasteiger partial charge on any atom is -0.494 e. The smallest absolute Gasteiger partial charge is 0.224 e. The van der Waals surface area contributed by atoms with Crippen LogP contribution in [0.1, 0.15) is 38.3 Å². The first-order valence-corrected chi connectivity index (χ1v) is 9.36. The number of para-hydroxylation sites is 1. The Morgan fingerprint density at radius 2 is 1.70 bits per heavy atom. The average Bonchev–Trinajstić information content (AvgIpc) is 2.62. The summed E-state index contributed by atoms with van der Waals surface area (Å²) in [5.41, 5.74) is 2.67. The van der Waals surface area contributed by atoms with Gasteiger partial charge in [0, 0.05) is 18.2 Å². The van der Waals surface area contributed by atoms with Gasteiger partial charge < -0.3 is 15.4 Å². The number of benzene rings is 2. The Hall–Kier alpha value is -2.82. The molecule has 27 heavy (non-hydrogen) atoms. The lowest BCUT2D eigenvalue weighted by molar-refractivity contribution is -0.121. The van der Waals surface area contributed by atoms with Crippen LogP contribution in [0.3, 0.4) is 0 Å². The minimum absolute atomic E-state index is 0.00486. The molecule has 2 rings (SSSR count). The van der Waals surface area contributed by atoms with E-state index in [0.717, 1.165) is 22.6 Å². The third-order valence-corrected chi connectivity index (χ3v) is 3.95. The molecule has 0 aromatic heterocycles. The lowest BCUT2D eigenvalue weighted by atomic mass is 10.1. The second-order valence-corrected chi connectivity index (χ2v) is 6.68. The summed E-state index contributed by atoms with van der Waals surface area (Å²) in [6.07, 6.45) is 1.33. The van der Waals surface area contributed by atoms with E-state index in [9.17, 15) is 9.59 Å². The van der Waals surface area contributed by atoms with Gasteiger partial charge in [-0.05, 0) is 56.5 Å². The number of nitrogens with one attached hydrogen (secondary N) is 2. The molecule has 2 amide bonds. The van der Waals surface area contributed by atoms with Crippen molar-refractivity contribution in [3.63, 3.8) is 0 Å². The second kappa shape index (κ2) is 10.4. The molecule has 0 bridgehead atoms. The lowest BCUT2D eigenvalue weighted by Crippen LogP contribution is -2.31. The average molecular weight is 368 g/mol. The fourth-order valence-electron chi connectivity index (χ4n) is 2.74. The highest BCUT2D eigenvalue weighted by Crippen LogP contribution is 2.20. The van der Waals surface area contributed by atoms with Crippen molar-refractivity contribution in [1.82, 2.24) is 5.32 Å². The van der Waals surface area contributed by atoms with Gasteiger partial charge in [0.15, 0.2) is 0 Å². The summed E-state index contributed by atoms with van der Waals surface area (Å²) in [4.78, 5) is 24.0. The van der Waals surface area contributed by atoms with Crippen LogP contribution >= 0.6 is 0 Å². The van der Waals surface area contributed by atoms with Crippen molar-refractivity contribution in [2.24, 2.45) is 0 Å². The van der Waals surface area contributed by atoms with Gasteiger partial charge in [-0.3, -0.25) is 9.59 Å². The van der Waals surface area contributed by atoms with Crippen molar-refractivity contribution < 1.29 is 14.3 Å². The number of hydrogen-bond donors (Lipinski definition) is 2. The molecule has 144 valence electrons. The Labute approximate surface area is 161 Å². The number of aryl methyl sites for hydroxylation is 1. The van der Waals surface area contributed by atoms with Crippen molar-refractivity contribution in [3.8, 4) is 5.75 Å². The van der Waals surface area contributed by atoms with Gasteiger partial charge >= 0.3 is 0 Å². The first-order valence-electron chi connectivity index (χ1n) is 9.36. The van der Waals surface area contributed by atoms with Crippen molar-refractivity contribution >= 4 is 17.5 Å². The number of anilines is 1. The summed E-state index contributed by atoms with van der Waals surface area (Å²) >= 11 is 0. The Morgan fingerprint density at radius 1 is 1.00 bits per heavy atom. The largest absolute Gasteiger partial charge is 0.494 e. The molecule has 0 atom stereocenters. The third-order valence-electron chi connectivity index (χ3n) is 3.95. The highest BCUT2D eigenvalue weighted by molar-refractivity contribution is 5.91. The summed E-state index contributed by atoms with van der Waals surface area (Å²) in [5.74, 6) is 0.776. The summed E-state index contributed by atoms with van der Waals surface area (Å²) in [6.45, 7) is 6.41. The minimum atomic E-state index is -0.0494. The molecule has 0 aliphatic heterocycles. The molecule has 0 saturated carbocycles. The van der Waals surface area contributed by atoms with E-state index in [4.69, 9.17) is 4.74 Å². The molecule has 0 fully saturated rings. The zero-order valence-electron chi connectivity index (χ0n) is 16.2. The van der Waals surface area contributed by atoms with Crippen molar-refractivity contribution in [2.45, 2.75) is 46.1 Å². The van der Waals surface area contributed by atoms with Gasteiger partial charge in [-0.25, -0.2) is 0 Å². The van der Waals surface area contributed by atoms with Crippen LogP contribution in [0.25, 0.3) is 0 Å². The van der Waals surface area contributed by atoms with Crippen LogP contribution in [0.15, 0.2) is 48.5 Å². The first-order chi connectivity index (χ1) is 13.0. The topological polar surface area (TPSA) is 67.4 Å². The number of amides is 2. The Morgan fingerprint density at radius 3 is 2.37 bits per heavy atom. The quantitative estimate of drug-likeness (QED) is 0.709. The van der Waals surface area contributed by atoms with Gasteiger partial charge in [0.05, 0.1) is 13.0 Å². The van der Waals surface area contributed by atoms with Gasteiger partial charge in [0.25, 0.3) is 0 Å². The highest BCUT2D eigenvalue weighted by atomic mass is 16.5. The van der Waals surface area contributed by atoms with E-state index in [1.54, 1.807) is 0 Å². The van der Waals surface area contributed by atoms with Gasteiger partial charge in [0.1, 0.15) is 5.75 Å². The maximum atomic E-state index is 12.2. The monoisotopic (exact) mass is 368 g/mol. The summed E-state index contributed by atoms with van der Waals surface area (Å²) < 4.78 is 5.59. The molecule has 0 radical (unpaired) electrons. The van der Waals surface area contributed by atoms with Crippen molar-refractivity contribution in [2.75, 3.05) is 11.9 Å². The molecule has 2 aromatic carbocycles. The Bertz CT molecular complexity index is 754. The van der Waals surface area contributed by atoms with E-state index >= 15 is 0 Å². The van der Waals surface area contributed by atoms with Crippen LogP contribution in [-0.2, 0) is 22.4 Å². The second-order valence-electron chi connectivity index (χ2n) is 6.68. The van der Waals surface area contributed by atoms with Crippen LogP contribution < -0.4 is 15.4 Å². The molecular weight excluding hydrogens is 340 g/mol. The number of ether oxygens (including phenoxy) is 1. The zero-order valence-corrected chi connectivity index (χ0v) is 16.2. The maximum absolute atomic E-state index is 12.2. The third kappa shape index (κ3) is 7.13. The van der Waals surface area contributed by atoms with Crippen molar-refractivity contribution in [1.29, 1.82) is 0 Å². The van der Waals surface area contributed by atoms with Gasteiger partial charge in [-0.15, -0.1) is 0 Å². The van der Waals surface area contributed by atoms with Crippen LogP contribution in [0.4, 0.5) is 5.69 Å². The molecule has 0 spiro atoms. The SMILES string of the molecule is CCOc1ccccc1CCC(=O)Nc1ccc(CC(=O)NC(C)C)cc1. The number of carbonyl (C=O) groups excluding carboxylic acids is 2. The van der Waals surface area contributed by atoms with Crippen LogP contribution in [0.2, 0.25) is 0 Å². The van der Waals surface area contributed by atoms with Gasteiger partial charge in [-0.2, -0.15) is 0 Å². The summed E-state index contributed by atoms with van der Waals surface area (Å²) in [6, 6.07) is 15.3. The Balaban J connectivity index is 1.84. The van der Waals surface area contributed by atoms with Gasteiger partial charge in [-0.1, -0.05) is 30.3 Å². The molecule has 2 aromatic rings. The maximum Gasteiger partial charge on any atom is 0.224 e. The molecule has 0 aliphatic carbocycles. The molecule has 0 unspecified atom stereocenters. The summed E-state index contributed by atoms with van der Waals surface area (Å²) in [5, 5.41) is 5.76. The lowest BCUT2D eigenvalue weighted by Gasteiger charge is -2.11.